The van der Waals surface area contributed by atoms with Gasteiger partial charge in [-0.25, -0.2) is 0 Å². The molecule has 36 heavy (non-hydrogen) atoms. The van der Waals surface area contributed by atoms with Gasteiger partial charge in [-0.15, -0.1) is 0 Å². The number of hydrogen-bond acceptors (Lipinski definition) is 7. The fraction of sp³-hybridized carbons (Fsp3) is 0.321. The van der Waals surface area contributed by atoms with Crippen LogP contribution in [0.5, 0.6) is 34.5 Å². The lowest BCUT2D eigenvalue weighted by Gasteiger charge is -2.38. The van der Waals surface area contributed by atoms with Gasteiger partial charge in [0.05, 0.1) is 48.7 Å². The number of carbonyl (C=O) groups is 1. The topological polar surface area (TPSA) is 75.7 Å². The van der Waals surface area contributed by atoms with Gasteiger partial charge in [-0.3, -0.25) is 4.79 Å². The third-order valence-electron chi connectivity index (χ3n) is 6.50. The van der Waals surface area contributed by atoms with E-state index in [-0.39, 0.29) is 5.91 Å². The quantitative estimate of drug-likeness (QED) is 0.457. The summed E-state index contributed by atoms with van der Waals surface area (Å²) in [5.41, 5.74) is 3.25. The second-order valence-corrected chi connectivity index (χ2v) is 8.21. The predicted molar refractivity (Wildman–Crippen MR) is 135 cm³/mol. The Hall–Kier alpha value is -4.07. The van der Waals surface area contributed by atoms with Crippen molar-refractivity contribution < 1.29 is 33.2 Å². The van der Waals surface area contributed by atoms with Crippen molar-refractivity contribution in [3.8, 4) is 34.5 Å². The molecule has 4 rings (SSSR count). The molecule has 190 valence electrons. The van der Waals surface area contributed by atoms with E-state index in [1.807, 2.05) is 35.2 Å². The van der Waals surface area contributed by atoms with E-state index >= 15 is 0 Å². The van der Waals surface area contributed by atoms with Crippen LogP contribution in [0.1, 0.15) is 33.1 Å². The van der Waals surface area contributed by atoms with Crippen LogP contribution in [-0.2, 0) is 6.42 Å². The van der Waals surface area contributed by atoms with Crippen LogP contribution in [0.25, 0.3) is 0 Å². The Balaban J connectivity index is 1.93. The molecule has 8 heteroatoms. The summed E-state index contributed by atoms with van der Waals surface area (Å²) in [5, 5.41) is 0. The number of amides is 1. The minimum absolute atomic E-state index is 0.204. The second kappa shape index (κ2) is 10.7. The molecule has 0 fully saturated rings. The van der Waals surface area contributed by atoms with Gasteiger partial charge < -0.3 is 33.3 Å². The molecule has 1 amide bonds. The summed E-state index contributed by atoms with van der Waals surface area (Å²) in [5.74, 6) is 3.11. The molecule has 0 radical (unpaired) electrons. The van der Waals surface area contributed by atoms with Crippen LogP contribution >= 0.6 is 0 Å². The highest BCUT2D eigenvalue weighted by molar-refractivity contribution is 6.00. The maximum absolute atomic E-state index is 14.2. The summed E-state index contributed by atoms with van der Waals surface area (Å²) in [6.45, 7) is 0.474. The minimum Gasteiger partial charge on any atom is -0.496 e. The molecule has 1 unspecified atom stereocenters. The Kier molecular flexibility index (Phi) is 7.43. The molecule has 1 aliphatic rings. The van der Waals surface area contributed by atoms with E-state index in [1.165, 1.54) is 0 Å². The summed E-state index contributed by atoms with van der Waals surface area (Å²) < 4.78 is 33.3. The first-order valence-corrected chi connectivity index (χ1v) is 11.5. The van der Waals surface area contributed by atoms with Crippen LogP contribution in [-0.4, -0.2) is 60.0 Å². The summed E-state index contributed by atoms with van der Waals surface area (Å²) in [7, 11) is 9.48. The molecular formula is C28H31NO7. The zero-order valence-electron chi connectivity index (χ0n) is 21.4. The van der Waals surface area contributed by atoms with E-state index in [0.29, 0.717) is 53.0 Å². The van der Waals surface area contributed by atoms with Crippen molar-refractivity contribution in [2.24, 2.45) is 0 Å². The highest BCUT2D eigenvalue weighted by Crippen LogP contribution is 2.44. The molecule has 3 aromatic carbocycles. The minimum atomic E-state index is -0.435. The molecule has 1 heterocycles. The largest absolute Gasteiger partial charge is 0.496 e. The van der Waals surface area contributed by atoms with Crippen molar-refractivity contribution in [1.82, 2.24) is 4.90 Å². The fourth-order valence-corrected chi connectivity index (χ4v) is 4.75. The SMILES string of the molecule is COc1ccc(C2c3cc(OC)c(OC)cc3CCN2C(=O)c2c(OC)cccc2OC)cc1OC. The van der Waals surface area contributed by atoms with Gasteiger partial charge >= 0.3 is 0 Å². The van der Waals surface area contributed by atoms with E-state index in [1.54, 1.807) is 60.9 Å². The average Bonchev–Trinajstić information content (AvgIpc) is 2.94. The normalized spacial score (nSPS) is 14.5. The van der Waals surface area contributed by atoms with Gasteiger partial charge in [0, 0.05) is 6.54 Å². The van der Waals surface area contributed by atoms with Gasteiger partial charge in [0.1, 0.15) is 17.1 Å². The highest BCUT2D eigenvalue weighted by Gasteiger charge is 2.36. The maximum atomic E-state index is 14.2. The monoisotopic (exact) mass is 493 g/mol. The number of carbonyl (C=O) groups excluding carboxylic acids is 1. The predicted octanol–water partition coefficient (Wildman–Crippen LogP) is 4.53. The van der Waals surface area contributed by atoms with Crippen molar-refractivity contribution in [2.75, 3.05) is 49.2 Å². The van der Waals surface area contributed by atoms with Gasteiger partial charge in [0.15, 0.2) is 23.0 Å². The van der Waals surface area contributed by atoms with Crippen molar-refractivity contribution in [3.05, 3.63) is 70.8 Å². The third kappa shape index (κ3) is 4.34. The number of nitrogens with zero attached hydrogens (tertiary/aromatic N) is 1. The molecule has 3 aromatic rings. The highest BCUT2D eigenvalue weighted by atomic mass is 16.5. The van der Waals surface area contributed by atoms with Crippen molar-refractivity contribution in [2.45, 2.75) is 12.5 Å². The van der Waals surface area contributed by atoms with Crippen LogP contribution in [0.4, 0.5) is 0 Å². The van der Waals surface area contributed by atoms with E-state index in [4.69, 9.17) is 28.4 Å². The summed E-state index contributed by atoms with van der Waals surface area (Å²) in [6.07, 6.45) is 0.642. The smallest absolute Gasteiger partial charge is 0.262 e. The average molecular weight is 494 g/mol. The Morgan fingerprint density at radius 1 is 0.694 bits per heavy atom. The second-order valence-electron chi connectivity index (χ2n) is 8.21. The van der Waals surface area contributed by atoms with E-state index in [0.717, 1.165) is 16.7 Å². The third-order valence-corrected chi connectivity index (χ3v) is 6.50. The first kappa shape index (κ1) is 25.0. The molecule has 0 spiro atoms. The van der Waals surface area contributed by atoms with Crippen molar-refractivity contribution >= 4 is 5.91 Å². The number of fused-ring (bicyclic) bond motifs is 1. The maximum Gasteiger partial charge on any atom is 0.262 e. The van der Waals surface area contributed by atoms with Gasteiger partial charge in [-0.1, -0.05) is 12.1 Å². The van der Waals surface area contributed by atoms with Gasteiger partial charge in [-0.2, -0.15) is 0 Å². The zero-order valence-corrected chi connectivity index (χ0v) is 21.4. The van der Waals surface area contributed by atoms with E-state index in [9.17, 15) is 4.79 Å². The number of methoxy groups -OCH3 is 6. The summed E-state index contributed by atoms with van der Waals surface area (Å²) >= 11 is 0. The Morgan fingerprint density at radius 2 is 1.25 bits per heavy atom. The van der Waals surface area contributed by atoms with Crippen molar-refractivity contribution in [1.29, 1.82) is 0 Å². The first-order chi connectivity index (χ1) is 17.5. The molecule has 8 nitrogen and oxygen atoms in total. The van der Waals surface area contributed by atoms with Crippen LogP contribution < -0.4 is 28.4 Å². The lowest BCUT2D eigenvalue weighted by atomic mass is 9.87. The lowest BCUT2D eigenvalue weighted by Crippen LogP contribution is -2.41. The number of hydrogen-bond donors (Lipinski definition) is 0. The van der Waals surface area contributed by atoms with Gasteiger partial charge in [-0.05, 0) is 59.5 Å². The van der Waals surface area contributed by atoms with Crippen LogP contribution in [0, 0.1) is 0 Å². The van der Waals surface area contributed by atoms with Crippen LogP contribution in [0.2, 0.25) is 0 Å². The lowest BCUT2D eigenvalue weighted by molar-refractivity contribution is 0.0687. The Bertz CT molecular complexity index is 1230. The molecule has 0 bridgehead atoms. The summed E-state index contributed by atoms with van der Waals surface area (Å²) in [4.78, 5) is 16.0. The van der Waals surface area contributed by atoms with E-state index < -0.39 is 6.04 Å². The number of rotatable bonds is 8. The zero-order chi connectivity index (χ0) is 25.8. The summed E-state index contributed by atoms with van der Waals surface area (Å²) in [6, 6.07) is 14.5. The van der Waals surface area contributed by atoms with Crippen LogP contribution in [0.3, 0.4) is 0 Å². The molecule has 0 aromatic heterocycles. The molecule has 0 saturated heterocycles. The van der Waals surface area contributed by atoms with Crippen LogP contribution in [0.15, 0.2) is 48.5 Å². The Morgan fingerprint density at radius 3 is 1.83 bits per heavy atom. The molecule has 1 aliphatic heterocycles. The first-order valence-electron chi connectivity index (χ1n) is 11.5. The fourth-order valence-electron chi connectivity index (χ4n) is 4.75. The number of benzene rings is 3. The van der Waals surface area contributed by atoms with Gasteiger partial charge in [0.2, 0.25) is 0 Å². The molecule has 0 aliphatic carbocycles. The number of ether oxygens (including phenoxy) is 6. The molecule has 0 saturated carbocycles. The standard InChI is InChI=1S/C28H31NO7/c1-31-20-11-10-18(15-23(20)34-4)27-19-16-25(36-6)24(35-5)14-17(19)12-13-29(27)28(30)26-21(32-2)8-7-9-22(26)33-3/h7-11,14-16,27H,12-13H2,1-6H3. The molecule has 0 N–H and O–H groups in total. The van der Waals surface area contributed by atoms with E-state index in [2.05, 4.69) is 0 Å². The Labute approximate surface area is 211 Å². The van der Waals surface area contributed by atoms with Crippen molar-refractivity contribution in [3.63, 3.8) is 0 Å². The van der Waals surface area contributed by atoms with Gasteiger partial charge in [0.25, 0.3) is 5.91 Å². The molecular weight excluding hydrogens is 462 g/mol. The molecule has 1 atom stereocenters.